The summed E-state index contributed by atoms with van der Waals surface area (Å²) in [6.45, 7) is 12.1. The van der Waals surface area contributed by atoms with E-state index in [2.05, 4.69) is 11.7 Å². The van der Waals surface area contributed by atoms with E-state index < -0.39 is 0 Å². The van der Waals surface area contributed by atoms with Crippen molar-refractivity contribution in [1.82, 2.24) is 14.3 Å². The quantitative estimate of drug-likeness (QED) is 0.711. The van der Waals surface area contributed by atoms with Gasteiger partial charge in [-0.05, 0) is 34.1 Å². The SMILES string of the molecule is C=CCCn1c(C)nn(C(C)(C)C)c1=O. The molecule has 0 aliphatic rings. The average Bonchev–Trinajstić information content (AvgIpc) is 2.39. The van der Waals surface area contributed by atoms with Crippen LogP contribution in [0.2, 0.25) is 0 Å². The highest BCUT2D eigenvalue weighted by Gasteiger charge is 2.20. The number of nitrogens with zero attached hydrogens (tertiary/aromatic N) is 3. The minimum Gasteiger partial charge on any atom is -0.279 e. The maximum atomic E-state index is 12.0. The fraction of sp³-hybridized carbons (Fsp3) is 0.636. The molecule has 0 N–H and O–H groups in total. The molecule has 1 heterocycles. The normalized spacial score (nSPS) is 11.7. The molecule has 0 saturated carbocycles. The largest absolute Gasteiger partial charge is 0.346 e. The maximum absolute atomic E-state index is 12.0. The van der Waals surface area contributed by atoms with Crippen molar-refractivity contribution in [1.29, 1.82) is 0 Å². The van der Waals surface area contributed by atoms with E-state index in [0.717, 1.165) is 12.2 Å². The predicted octanol–water partition coefficient (Wildman–Crippen LogP) is 1.68. The van der Waals surface area contributed by atoms with Crippen molar-refractivity contribution in [3.63, 3.8) is 0 Å². The monoisotopic (exact) mass is 209 g/mol. The van der Waals surface area contributed by atoms with E-state index in [9.17, 15) is 4.79 Å². The summed E-state index contributed by atoms with van der Waals surface area (Å²) in [5.41, 5.74) is -0.303. The summed E-state index contributed by atoms with van der Waals surface area (Å²) in [7, 11) is 0. The van der Waals surface area contributed by atoms with Crippen molar-refractivity contribution in [2.45, 2.75) is 46.2 Å². The van der Waals surface area contributed by atoms with Gasteiger partial charge in [-0.25, -0.2) is 9.48 Å². The maximum Gasteiger partial charge on any atom is 0.346 e. The predicted molar refractivity (Wildman–Crippen MR) is 61.0 cm³/mol. The Hall–Kier alpha value is -1.32. The molecule has 1 aromatic rings. The Labute approximate surface area is 90.2 Å². The van der Waals surface area contributed by atoms with E-state index in [1.165, 1.54) is 4.68 Å². The number of rotatable bonds is 3. The molecule has 0 aromatic carbocycles. The summed E-state index contributed by atoms with van der Waals surface area (Å²) in [5, 5.41) is 4.27. The molecule has 84 valence electrons. The van der Waals surface area contributed by atoms with Gasteiger partial charge in [0.05, 0.1) is 5.54 Å². The Kier molecular flexibility index (Phi) is 3.17. The molecule has 0 fully saturated rings. The van der Waals surface area contributed by atoms with Gasteiger partial charge in [-0.15, -0.1) is 6.58 Å². The van der Waals surface area contributed by atoms with Gasteiger partial charge >= 0.3 is 5.69 Å². The minimum atomic E-state index is -0.263. The van der Waals surface area contributed by atoms with Crippen LogP contribution in [0.4, 0.5) is 0 Å². The molecule has 0 radical (unpaired) electrons. The zero-order chi connectivity index (χ0) is 11.6. The topological polar surface area (TPSA) is 39.8 Å². The van der Waals surface area contributed by atoms with Crippen LogP contribution in [0.1, 0.15) is 33.0 Å². The van der Waals surface area contributed by atoms with Crippen molar-refractivity contribution in [2.75, 3.05) is 0 Å². The summed E-state index contributed by atoms with van der Waals surface area (Å²) < 4.78 is 3.22. The van der Waals surface area contributed by atoms with Crippen molar-refractivity contribution >= 4 is 0 Å². The van der Waals surface area contributed by atoms with E-state index in [0.29, 0.717) is 6.54 Å². The molecule has 0 aliphatic carbocycles. The first-order chi connectivity index (χ1) is 6.88. The molecule has 1 aromatic heterocycles. The van der Waals surface area contributed by atoms with E-state index >= 15 is 0 Å². The van der Waals surface area contributed by atoms with Crippen LogP contribution in [0, 0.1) is 6.92 Å². The Morgan fingerprint density at radius 3 is 2.47 bits per heavy atom. The van der Waals surface area contributed by atoms with Crippen molar-refractivity contribution in [2.24, 2.45) is 0 Å². The van der Waals surface area contributed by atoms with Crippen LogP contribution in [0.5, 0.6) is 0 Å². The van der Waals surface area contributed by atoms with E-state index in [1.54, 1.807) is 10.6 Å². The van der Waals surface area contributed by atoms with Crippen LogP contribution in [-0.4, -0.2) is 14.3 Å². The standard InChI is InChI=1S/C11H19N3O/c1-6-7-8-13-9(2)12-14(10(13)15)11(3,4)5/h6H,1,7-8H2,2-5H3. The smallest absolute Gasteiger partial charge is 0.279 e. The lowest BCUT2D eigenvalue weighted by molar-refractivity contribution is 0.339. The highest BCUT2D eigenvalue weighted by Crippen LogP contribution is 2.09. The number of aryl methyl sites for hydroxylation is 1. The minimum absolute atomic E-state index is 0.0400. The van der Waals surface area contributed by atoms with E-state index in [-0.39, 0.29) is 11.2 Å². The molecule has 0 atom stereocenters. The summed E-state index contributed by atoms with van der Waals surface area (Å²) in [4.78, 5) is 12.0. The highest BCUT2D eigenvalue weighted by atomic mass is 16.2. The first-order valence-electron chi connectivity index (χ1n) is 5.15. The van der Waals surface area contributed by atoms with Crippen LogP contribution >= 0.6 is 0 Å². The fourth-order valence-electron chi connectivity index (χ4n) is 1.41. The lowest BCUT2D eigenvalue weighted by atomic mass is 10.1. The zero-order valence-electron chi connectivity index (χ0n) is 9.95. The molecular formula is C11H19N3O. The van der Waals surface area contributed by atoms with Gasteiger partial charge in [0.25, 0.3) is 0 Å². The Bertz CT molecular complexity index is 406. The molecule has 1 rings (SSSR count). The summed E-state index contributed by atoms with van der Waals surface area (Å²) in [5.74, 6) is 0.761. The number of hydrogen-bond donors (Lipinski definition) is 0. The molecule has 4 nitrogen and oxygen atoms in total. The van der Waals surface area contributed by atoms with Gasteiger partial charge in [0.2, 0.25) is 0 Å². The van der Waals surface area contributed by atoms with Gasteiger partial charge in [0.1, 0.15) is 5.82 Å². The second-order valence-electron chi connectivity index (χ2n) is 4.64. The number of hydrogen-bond acceptors (Lipinski definition) is 2. The third-order valence-corrected chi connectivity index (χ3v) is 2.24. The summed E-state index contributed by atoms with van der Waals surface area (Å²) >= 11 is 0. The first-order valence-corrected chi connectivity index (χ1v) is 5.15. The van der Waals surface area contributed by atoms with Crippen LogP contribution in [0.3, 0.4) is 0 Å². The lowest BCUT2D eigenvalue weighted by Gasteiger charge is -2.16. The Morgan fingerprint density at radius 2 is 2.07 bits per heavy atom. The van der Waals surface area contributed by atoms with Crippen LogP contribution in [0.15, 0.2) is 17.4 Å². The van der Waals surface area contributed by atoms with E-state index in [1.807, 2.05) is 27.7 Å². The lowest BCUT2D eigenvalue weighted by Crippen LogP contribution is -2.35. The van der Waals surface area contributed by atoms with Gasteiger partial charge < -0.3 is 0 Å². The van der Waals surface area contributed by atoms with Crippen molar-refractivity contribution in [3.05, 3.63) is 29.0 Å². The zero-order valence-corrected chi connectivity index (χ0v) is 9.95. The molecule has 0 unspecified atom stereocenters. The fourth-order valence-corrected chi connectivity index (χ4v) is 1.41. The Balaban J connectivity index is 3.15. The third-order valence-electron chi connectivity index (χ3n) is 2.24. The first kappa shape index (κ1) is 11.8. The molecule has 0 amide bonds. The van der Waals surface area contributed by atoms with Crippen molar-refractivity contribution in [3.8, 4) is 0 Å². The molecule has 0 spiro atoms. The van der Waals surface area contributed by atoms with Crippen LogP contribution < -0.4 is 5.69 Å². The van der Waals surface area contributed by atoms with Crippen LogP contribution in [0.25, 0.3) is 0 Å². The Morgan fingerprint density at radius 1 is 1.47 bits per heavy atom. The second-order valence-corrected chi connectivity index (χ2v) is 4.64. The van der Waals surface area contributed by atoms with Crippen LogP contribution in [-0.2, 0) is 12.1 Å². The summed E-state index contributed by atoms with van der Waals surface area (Å²) in [6, 6.07) is 0. The molecule has 0 bridgehead atoms. The average molecular weight is 209 g/mol. The van der Waals surface area contributed by atoms with Gasteiger partial charge in [0, 0.05) is 6.54 Å². The highest BCUT2D eigenvalue weighted by molar-refractivity contribution is 4.88. The number of allylic oxidation sites excluding steroid dienone is 1. The molecule has 0 saturated heterocycles. The molecule has 0 aliphatic heterocycles. The molecule has 4 heteroatoms. The molecular weight excluding hydrogens is 190 g/mol. The van der Waals surface area contributed by atoms with Gasteiger partial charge in [0.15, 0.2) is 0 Å². The molecule has 15 heavy (non-hydrogen) atoms. The van der Waals surface area contributed by atoms with Gasteiger partial charge in [-0.3, -0.25) is 4.57 Å². The second kappa shape index (κ2) is 4.04. The van der Waals surface area contributed by atoms with Gasteiger partial charge in [-0.2, -0.15) is 5.10 Å². The number of aromatic nitrogens is 3. The van der Waals surface area contributed by atoms with Crippen molar-refractivity contribution < 1.29 is 0 Å². The van der Waals surface area contributed by atoms with Gasteiger partial charge in [-0.1, -0.05) is 6.08 Å². The third kappa shape index (κ3) is 2.37. The van der Waals surface area contributed by atoms with E-state index in [4.69, 9.17) is 0 Å². The summed E-state index contributed by atoms with van der Waals surface area (Å²) in [6.07, 6.45) is 2.59.